The zero-order chi connectivity index (χ0) is 10.6. The molecular formula is C11H18O3. The lowest BCUT2D eigenvalue weighted by Gasteiger charge is -2.26. The van der Waals surface area contributed by atoms with E-state index < -0.39 is 5.41 Å². The minimum atomic E-state index is -0.880. The highest BCUT2D eigenvalue weighted by Crippen LogP contribution is 2.31. The summed E-state index contributed by atoms with van der Waals surface area (Å²) in [6, 6.07) is 0. The molecule has 0 aliphatic heterocycles. The van der Waals surface area contributed by atoms with Crippen LogP contribution >= 0.6 is 0 Å². The molecule has 1 unspecified atom stereocenters. The van der Waals surface area contributed by atoms with E-state index in [2.05, 4.69) is 0 Å². The Balaban J connectivity index is 2.78. The van der Waals surface area contributed by atoms with E-state index in [1.165, 1.54) is 7.11 Å². The number of rotatable bonds is 1. The summed E-state index contributed by atoms with van der Waals surface area (Å²) in [4.78, 5) is 23.3. The molecule has 0 spiro atoms. The third-order valence-electron chi connectivity index (χ3n) is 3.08. The second kappa shape index (κ2) is 4.58. The van der Waals surface area contributed by atoms with Crippen LogP contribution in [0.1, 0.15) is 45.4 Å². The predicted molar refractivity (Wildman–Crippen MR) is 52.8 cm³/mol. The SMILES string of the molecule is COC(=O)C1(C)CCCCCCC1=O. The van der Waals surface area contributed by atoms with E-state index in [0.29, 0.717) is 12.8 Å². The molecule has 0 N–H and O–H groups in total. The van der Waals surface area contributed by atoms with Crippen LogP contribution < -0.4 is 0 Å². The maximum atomic E-state index is 11.8. The Bertz CT molecular complexity index is 235. The molecule has 0 radical (unpaired) electrons. The second-order valence-electron chi connectivity index (χ2n) is 4.16. The van der Waals surface area contributed by atoms with Crippen molar-refractivity contribution < 1.29 is 14.3 Å². The van der Waals surface area contributed by atoms with Crippen LogP contribution in [0.15, 0.2) is 0 Å². The molecule has 3 heteroatoms. The highest BCUT2D eigenvalue weighted by Gasteiger charge is 2.41. The maximum absolute atomic E-state index is 11.8. The highest BCUT2D eigenvalue weighted by atomic mass is 16.5. The van der Waals surface area contributed by atoms with Gasteiger partial charge in [-0.2, -0.15) is 0 Å². The van der Waals surface area contributed by atoms with Gasteiger partial charge in [-0.15, -0.1) is 0 Å². The number of ketones is 1. The van der Waals surface area contributed by atoms with Crippen molar-refractivity contribution in [2.24, 2.45) is 5.41 Å². The predicted octanol–water partition coefficient (Wildman–Crippen LogP) is 2.09. The van der Waals surface area contributed by atoms with Crippen LogP contribution in [-0.4, -0.2) is 18.9 Å². The standard InChI is InChI=1S/C11H18O3/c1-11(10(13)14-2)8-6-4-3-5-7-9(11)12/h3-8H2,1-2H3. The van der Waals surface area contributed by atoms with Crippen LogP contribution in [-0.2, 0) is 14.3 Å². The fourth-order valence-electron chi connectivity index (χ4n) is 1.97. The molecule has 0 aromatic heterocycles. The van der Waals surface area contributed by atoms with Crippen molar-refractivity contribution in [3.63, 3.8) is 0 Å². The molecule has 0 aromatic carbocycles. The van der Waals surface area contributed by atoms with Crippen molar-refractivity contribution in [1.29, 1.82) is 0 Å². The third-order valence-corrected chi connectivity index (χ3v) is 3.08. The van der Waals surface area contributed by atoms with Gasteiger partial charge in [-0.25, -0.2) is 0 Å². The monoisotopic (exact) mass is 198 g/mol. The van der Waals surface area contributed by atoms with Crippen molar-refractivity contribution in [3.8, 4) is 0 Å². The summed E-state index contributed by atoms with van der Waals surface area (Å²) in [5, 5.41) is 0. The minimum Gasteiger partial charge on any atom is -0.468 e. The number of hydrogen-bond donors (Lipinski definition) is 0. The van der Waals surface area contributed by atoms with E-state index in [1.807, 2.05) is 0 Å². The zero-order valence-electron chi connectivity index (χ0n) is 8.97. The van der Waals surface area contributed by atoms with Crippen LogP contribution in [0.2, 0.25) is 0 Å². The molecule has 1 aliphatic rings. The van der Waals surface area contributed by atoms with Crippen LogP contribution in [0.25, 0.3) is 0 Å². The molecule has 0 amide bonds. The fraction of sp³-hybridized carbons (Fsp3) is 0.818. The molecule has 1 saturated carbocycles. The summed E-state index contributed by atoms with van der Waals surface area (Å²) in [5.41, 5.74) is -0.880. The molecule has 0 heterocycles. The molecule has 1 rings (SSSR count). The number of esters is 1. The molecular weight excluding hydrogens is 180 g/mol. The summed E-state index contributed by atoms with van der Waals surface area (Å²) in [6.07, 6.45) is 5.22. The number of hydrogen-bond acceptors (Lipinski definition) is 3. The van der Waals surface area contributed by atoms with Crippen molar-refractivity contribution in [3.05, 3.63) is 0 Å². The van der Waals surface area contributed by atoms with Crippen molar-refractivity contribution in [2.75, 3.05) is 7.11 Å². The molecule has 80 valence electrons. The Morgan fingerprint density at radius 2 is 1.93 bits per heavy atom. The summed E-state index contributed by atoms with van der Waals surface area (Å²) >= 11 is 0. The average Bonchev–Trinajstić information content (AvgIpc) is 2.18. The van der Waals surface area contributed by atoms with E-state index in [9.17, 15) is 9.59 Å². The average molecular weight is 198 g/mol. The van der Waals surface area contributed by atoms with Crippen LogP contribution in [0.4, 0.5) is 0 Å². The molecule has 1 fully saturated rings. The number of methoxy groups -OCH3 is 1. The Labute approximate surface area is 84.8 Å². The number of carbonyl (C=O) groups is 2. The maximum Gasteiger partial charge on any atom is 0.319 e. The number of ether oxygens (including phenoxy) is 1. The molecule has 0 bridgehead atoms. The van der Waals surface area contributed by atoms with E-state index in [0.717, 1.165) is 25.7 Å². The van der Waals surface area contributed by atoms with E-state index in [-0.39, 0.29) is 11.8 Å². The van der Waals surface area contributed by atoms with Gasteiger partial charge in [0, 0.05) is 6.42 Å². The first-order valence-electron chi connectivity index (χ1n) is 5.23. The first-order chi connectivity index (χ1) is 6.61. The second-order valence-corrected chi connectivity index (χ2v) is 4.16. The lowest BCUT2D eigenvalue weighted by molar-refractivity contribution is -0.157. The summed E-state index contributed by atoms with van der Waals surface area (Å²) < 4.78 is 4.70. The summed E-state index contributed by atoms with van der Waals surface area (Å²) in [7, 11) is 1.35. The van der Waals surface area contributed by atoms with E-state index >= 15 is 0 Å². The summed E-state index contributed by atoms with van der Waals surface area (Å²) in [6.45, 7) is 1.71. The highest BCUT2D eigenvalue weighted by molar-refractivity contribution is 6.03. The topological polar surface area (TPSA) is 43.4 Å². The number of Topliss-reactive ketones (excluding diaryl/α,β-unsaturated/α-hetero) is 1. The minimum absolute atomic E-state index is 0.0454. The first kappa shape index (κ1) is 11.2. The van der Waals surface area contributed by atoms with Crippen LogP contribution in [0.3, 0.4) is 0 Å². The third kappa shape index (κ3) is 2.14. The van der Waals surface area contributed by atoms with Crippen LogP contribution in [0, 0.1) is 5.41 Å². The molecule has 0 saturated heterocycles. The van der Waals surface area contributed by atoms with E-state index in [4.69, 9.17) is 4.74 Å². The van der Waals surface area contributed by atoms with Crippen molar-refractivity contribution >= 4 is 11.8 Å². The van der Waals surface area contributed by atoms with Gasteiger partial charge in [0.05, 0.1) is 7.11 Å². The van der Waals surface area contributed by atoms with Gasteiger partial charge in [-0.3, -0.25) is 9.59 Å². The Kier molecular flexibility index (Phi) is 3.67. The first-order valence-corrected chi connectivity index (χ1v) is 5.23. The van der Waals surface area contributed by atoms with E-state index in [1.54, 1.807) is 6.92 Å². The molecule has 1 atom stereocenters. The molecule has 3 nitrogen and oxygen atoms in total. The van der Waals surface area contributed by atoms with Gasteiger partial charge in [0.25, 0.3) is 0 Å². The fourth-order valence-corrected chi connectivity index (χ4v) is 1.97. The quantitative estimate of drug-likeness (QED) is 0.478. The van der Waals surface area contributed by atoms with Crippen LogP contribution in [0.5, 0.6) is 0 Å². The largest absolute Gasteiger partial charge is 0.468 e. The van der Waals surface area contributed by atoms with Gasteiger partial charge in [0.2, 0.25) is 0 Å². The Hall–Kier alpha value is -0.860. The molecule has 14 heavy (non-hydrogen) atoms. The Morgan fingerprint density at radius 3 is 2.57 bits per heavy atom. The Morgan fingerprint density at radius 1 is 1.29 bits per heavy atom. The summed E-state index contributed by atoms with van der Waals surface area (Å²) in [5.74, 6) is -0.326. The van der Waals surface area contributed by atoms with Crippen molar-refractivity contribution in [1.82, 2.24) is 0 Å². The normalized spacial score (nSPS) is 29.1. The lowest BCUT2D eigenvalue weighted by atomic mass is 9.77. The van der Waals surface area contributed by atoms with Gasteiger partial charge < -0.3 is 4.74 Å². The van der Waals surface area contributed by atoms with Crippen molar-refractivity contribution in [2.45, 2.75) is 45.4 Å². The number of carbonyl (C=O) groups excluding carboxylic acids is 2. The van der Waals surface area contributed by atoms with Gasteiger partial charge in [0.1, 0.15) is 11.2 Å². The van der Waals surface area contributed by atoms with Gasteiger partial charge in [-0.1, -0.05) is 19.3 Å². The lowest BCUT2D eigenvalue weighted by Crippen LogP contribution is -2.38. The van der Waals surface area contributed by atoms with Gasteiger partial charge in [-0.05, 0) is 19.8 Å². The smallest absolute Gasteiger partial charge is 0.319 e. The van der Waals surface area contributed by atoms with Gasteiger partial charge in [0.15, 0.2) is 0 Å². The zero-order valence-corrected chi connectivity index (χ0v) is 8.97. The molecule has 0 aromatic rings. The van der Waals surface area contributed by atoms with Gasteiger partial charge >= 0.3 is 5.97 Å². The molecule has 1 aliphatic carbocycles.